The van der Waals surface area contributed by atoms with Gasteiger partial charge < -0.3 is 10.3 Å². The Hall–Kier alpha value is -1.42. The molecule has 2 aromatic rings. The van der Waals surface area contributed by atoms with Gasteiger partial charge in [-0.25, -0.2) is 9.97 Å². The van der Waals surface area contributed by atoms with Crippen molar-refractivity contribution in [3.8, 4) is 0 Å². The molecule has 19 heavy (non-hydrogen) atoms. The van der Waals surface area contributed by atoms with Crippen LogP contribution in [0.4, 0.5) is 0 Å². The average Bonchev–Trinajstić information content (AvgIpc) is 3.03. The van der Waals surface area contributed by atoms with E-state index in [9.17, 15) is 0 Å². The van der Waals surface area contributed by atoms with Crippen LogP contribution in [0.5, 0.6) is 0 Å². The van der Waals surface area contributed by atoms with E-state index >= 15 is 0 Å². The zero-order valence-electron chi connectivity index (χ0n) is 11.8. The Labute approximate surface area is 114 Å². The summed E-state index contributed by atoms with van der Waals surface area (Å²) in [4.78, 5) is 9.40. The average molecular weight is 258 g/mol. The molecule has 4 heteroatoms. The Balaban J connectivity index is 2.25. The van der Waals surface area contributed by atoms with Crippen LogP contribution in [-0.2, 0) is 5.41 Å². The summed E-state index contributed by atoms with van der Waals surface area (Å²) in [5, 5.41) is 0. The van der Waals surface area contributed by atoms with Gasteiger partial charge in [-0.15, -0.1) is 0 Å². The van der Waals surface area contributed by atoms with E-state index in [-0.39, 0.29) is 5.41 Å². The van der Waals surface area contributed by atoms with Crippen molar-refractivity contribution >= 4 is 11.2 Å². The third-order valence-electron chi connectivity index (χ3n) is 4.39. The highest BCUT2D eigenvalue weighted by molar-refractivity contribution is 5.71. The van der Waals surface area contributed by atoms with E-state index in [4.69, 9.17) is 10.7 Å². The summed E-state index contributed by atoms with van der Waals surface area (Å²) in [5.41, 5.74) is 8.16. The Bertz CT molecular complexity index is 579. The lowest BCUT2D eigenvalue weighted by molar-refractivity contribution is 0.393. The van der Waals surface area contributed by atoms with Crippen LogP contribution in [0.15, 0.2) is 18.3 Å². The first kappa shape index (κ1) is 12.6. The lowest BCUT2D eigenvalue weighted by Gasteiger charge is -2.28. The monoisotopic (exact) mass is 258 g/mol. The van der Waals surface area contributed by atoms with Crippen LogP contribution in [0.1, 0.15) is 51.4 Å². The summed E-state index contributed by atoms with van der Waals surface area (Å²) in [6.45, 7) is 5.07. The maximum absolute atomic E-state index is 6.12. The van der Waals surface area contributed by atoms with Crippen molar-refractivity contribution in [2.24, 2.45) is 5.73 Å². The fraction of sp³-hybridized carbons (Fsp3) is 0.600. The summed E-state index contributed by atoms with van der Waals surface area (Å²) < 4.78 is 2.29. The number of imidazole rings is 1. The van der Waals surface area contributed by atoms with Crippen molar-refractivity contribution in [1.29, 1.82) is 0 Å². The standard InChI is InChI=1S/C15H22N4/c1-11(2)19-13-12(6-5-9-17-13)18-14(19)15(10-16)7-3-4-8-15/h5-6,9,11H,3-4,7-8,10,16H2,1-2H3. The van der Waals surface area contributed by atoms with Gasteiger partial charge in [0.15, 0.2) is 5.65 Å². The number of hydrogen-bond donors (Lipinski definition) is 1. The summed E-state index contributed by atoms with van der Waals surface area (Å²) in [7, 11) is 0. The van der Waals surface area contributed by atoms with E-state index < -0.39 is 0 Å². The predicted octanol–water partition coefficient (Wildman–Crippen LogP) is 2.78. The third-order valence-corrected chi connectivity index (χ3v) is 4.39. The Kier molecular flexibility index (Phi) is 3.05. The second-order valence-electron chi connectivity index (χ2n) is 5.94. The molecule has 2 heterocycles. The van der Waals surface area contributed by atoms with Gasteiger partial charge in [0.25, 0.3) is 0 Å². The summed E-state index contributed by atoms with van der Waals surface area (Å²) in [6.07, 6.45) is 6.66. The van der Waals surface area contributed by atoms with Crippen molar-refractivity contribution in [3.05, 3.63) is 24.2 Å². The molecule has 1 saturated carbocycles. The minimum Gasteiger partial charge on any atom is -0.329 e. The largest absolute Gasteiger partial charge is 0.329 e. The number of hydrogen-bond acceptors (Lipinski definition) is 3. The van der Waals surface area contributed by atoms with E-state index in [0.29, 0.717) is 12.6 Å². The highest BCUT2D eigenvalue weighted by Gasteiger charge is 2.39. The predicted molar refractivity (Wildman–Crippen MR) is 77.1 cm³/mol. The maximum Gasteiger partial charge on any atom is 0.160 e. The van der Waals surface area contributed by atoms with E-state index in [0.717, 1.165) is 29.8 Å². The summed E-state index contributed by atoms with van der Waals surface area (Å²) in [6, 6.07) is 4.36. The number of aromatic nitrogens is 3. The van der Waals surface area contributed by atoms with Crippen LogP contribution in [0.25, 0.3) is 11.2 Å². The van der Waals surface area contributed by atoms with Gasteiger partial charge >= 0.3 is 0 Å². The molecule has 2 aromatic heterocycles. The van der Waals surface area contributed by atoms with Crippen molar-refractivity contribution < 1.29 is 0 Å². The van der Waals surface area contributed by atoms with Gasteiger partial charge in [0.1, 0.15) is 11.3 Å². The summed E-state index contributed by atoms with van der Waals surface area (Å²) in [5.74, 6) is 1.15. The van der Waals surface area contributed by atoms with Crippen LogP contribution in [0.2, 0.25) is 0 Å². The molecule has 0 atom stereocenters. The summed E-state index contributed by atoms with van der Waals surface area (Å²) >= 11 is 0. The molecule has 0 amide bonds. The second kappa shape index (κ2) is 4.60. The Morgan fingerprint density at radius 1 is 1.37 bits per heavy atom. The first-order chi connectivity index (χ1) is 9.18. The maximum atomic E-state index is 6.12. The normalized spacial score (nSPS) is 18.5. The number of rotatable bonds is 3. The fourth-order valence-electron chi connectivity index (χ4n) is 3.36. The molecule has 0 aliphatic heterocycles. The number of nitrogens with two attached hydrogens (primary N) is 1. The first-order valence-corrected chi connectivity index (χ1v) is 7.21. The van der Waals surface area contributed by atoms with E-state index in [2.05, 4.69) is 23.4 Å². The molecule has 0 radical (unpaired) electrons. The van der Waals surface area contributed by atoms with E-state index in [1.54, 1.807) is 0 Å². The number of nitrogens with zero attached hydrogens (tertiary/aromatic N) is 3. The lowest BCUT2D eigenvalue weighted by Crippen LogP contribution is -2.35. The molecule has 1 aliphatic carbocycles. The molecule has 0 spiro atoms. The second-order valence-corrected chi connectivity index (χ2v) is 5.94. The minimum atomic E-state index is 0.0605. The Morgan fingerprint density at radius 3 is 2.74 bits per heavy atom. The molecule has 2 N–H and O–H groups in total. The van der Waals surface area contributed by atoms with Crippen molar-refractivity contribution in [2.45, 2.75) is 51.0 Å². The zero-order valence-corrected chi connectivity index (χ0v) is 11.8. The SMILES string of the molecule is CC(C)n1c(C2(CN)CCCC2)nc2cccnc21. The lowest BCUT2D eigenvalue weighted by atomic mass is 9.85. The topological polar surface area (TPSA) is 56.7 Å². The molecule has 1 fully saturated rings. The highest BCUT2D eigenvalue weighted by Crippen LogP contribution is 2.41. The van der Waals surface area contributed by atoms with Crippen LogP contribution < -0.4 is 5.73 Å². The van der Waals surface area contributed by atoms with Crippen LogP contribution in [0.3, 0.4) is 0 Å². The van der Waals surface area contributed by atoms with Gasteiger partial charge in [-0.2, -0.15) is 0 Å². The number of fused-ring (bicyclic) bond motifs is 1. The molecule has 102 valence electrons. The van der Waals surface area contributed by atoms with Gasteiger partial charge in [0, 0.05) is 24.2 Å². The van der Waals surface area contributed by atoms with E-state index in [1.165, 1.54) is 12.8 Å². The van der Waals surface area contributed by atoms with Gasteiger partial charge in [-0.05, 0) is 38.8 Å². The number of pyridine rings is 1. The van der Waals surface area contributed by atoms with Crippen molar-refractivity contribution in [3.63, 3.8) is 0 Å². The Morgan fingerprint density at radius 2 is 2.11 bits per heavy atom. The smallest absolute Gasteiger partial charge is 0.160 e. The molecular formula is C15H22N4. The molecule has 0 saturated heterocycles. The highest BCUT2D eigenvalue weighted by atomic mass is 15.2. The van der Waals surface area contributed by atoms with Crippen LogP contribution in [0, 0.1) is 0 Å². The van der Waals surface area contributed by atoms with Gasteiger partial charge in [0.2, 0.25) is 0 Å². The van der Waals surface area contributed by atoms with Crippen molar-refractivity contribution in [1.82, 2.24) is 14.5 Å². The molecule has 3 rings (SSSR count). The van der Waals surface area contributed by atoms with Crippen molar-refractivity contribution in [2.75, 3.05) is 6.54 Å². The quantitative estimate of drug-likeness (QED) is 0.921. The van der Waals surface area contributed by atoms with Crippen LogP contribution in [-0.4, -0.2) is 21.1 Å². The molecule has 0 bridgehead atoms. The molecular weight excluding hydrogens is 236 g/mol. The zero-order chi connectivity index (χ0) is 13.5. The van der Waals surface area contributed by atoms with Gasteiger partial charge in [-0.1, -0.05) is 12.8 Å². The molecule has 1 aliphatic rings. The molecule has 4 nitrogen and oxygen atoms in total. The fourth-order valence-corrected chi connectivity index (χ4v) is 3.36. The third kappa shape index (κ3) is 1.86. The molecule has 0 unspecified atom stereocenters. The molecule has 0 aromatic carbocycles. The minimum absolute atomic E-state index is 0.0605. The first-order valence-electron chi connectivity index (χ1n) is 7.21. The van der Waals surface area contributed by atoms with Crippen LogP contribution >= 0.6 is 0 Å². The van der Waals surface area contributed by atoms with Gasteiger partial charge in [-0.3, -0.25) is 0 Å². The van der Waals surface area contributed by atoms with E-state index in [1.807, 2.05) is 18.3 Å². The van der Waals surface area contributed by atoms with Gasteiger partial charge in [0.05, 0.1) is 0 Å².